The molecule has 1 aliphatic carbocycles. The second kappa shape index (κ2) is 4.99. The quantitative estimate of drug-likeness (QED) is 0.820. The highest BCUT2D eigenvalue weighted by molar-refractivity contribution is 7.99. The Morgan fingerprint density at radius 2 is 2.47 bits per heavy atom. The number of H-pyrrole nitrogens is 1. The van der Waals surface area contributed by atoms with Crippen LogP contribution in [0.1, 0.15) is 26.7 Å². The third-order valence-corrected chi connectivity index (χ3v) is 4.49. The number of aromatic amines is 1. The summed E-state index contributed by atoms with van der Waals surface area (Å²) < 4.78 is 0. The van der Waals surface area contributed by atoms with Crippen LogP contribution in [-0.2, 0) is 0 Å². The summed E-state index contributed by atoms with van der Waals surface area (Å²) in [6.45, 7) is 5.56. The lowest BCUT2D eigenvalue weighted by molar-refractivity contribution is 0.441. The number of thioether (sulfide) groups is 1. The van der Waals surface area contributed by atoms with Crippen LogP contribution in [-0.4, -0.2) is 33.0 Å². The summed E-state index contributed by atoms with van der Waals surface area (Å²) in [4.78, 5) is 4.16. The first-order chi connectivity index (χ1) is 7.31. The Morgan fingerprint density at radius 3 is 3.13 bits per heavy atom. The number of aromatic nitrogens is 3. The highest BCUT2D eigenvalue weighted by atomic mass is 32.2. The van der Waals surface area contributed by atoms with E-state index in [0.29, 0.717) is 17.2 Å². The third kappa shape index (κ3) is 2.52. The van der Waals surface area contributed by atoms with Crippen LogP contribution in [0.3, 0.4) is 0 Å². The summed E-state index contributed by atoms with van der Waals surface area (Å²) in [5.74, 6) is 0.708. The fourth-order valence-corrected chi connectivity index (χ4v) is 3.40. The zero-order valence-electron chi connectivity index (χ0n) is 9.23. The van der Waals surface area contributed by atoms with Gasteiger partial charge in [-0.25, -0.2) is 4.98 Å². The highest BCUT2D eigenvalue weighted by Crippen LogP contribution is 2.37. The Hall–Kier alpha value is -0.550. The number of nitrogens with zero attached hydrogens (tertiary/aromatic N) is 2. The lowest BCUT2D eigenvalue weighted by atomic mass is 10.1. The van der Waals surface area contributed by atoms with E-state index in [4.69, 9.17) is 0 Å². The second-order valence-electron chi connectivity index (χ2n) is 4.05. The maximum absolute atomic E-state index is 4.16. The predicted octanol–water partition coefficient (Wildman–Crippen LogP) is 1.67. The maximum Gasteiger partial charge on any atom is 0.183 e. The maximum atomic E-state index is 4.16. The van der Waals surface area contributed by atoms with Crippen LogP contribution in [0.5, 0.6) is 0 Å². The largest absolute Gasteiger partial charge is 0.314 e. The summed E-state index contributed by atoms with van der Waals surface area (Å²) in [7, 11) is 0. The molecule has 3 unspecified atom stereocenters. The normalized spacial score (nSPS) is 30.9. The minimum Gasteiger partial charge on any atom is -0.314 e. The average molecular weight is 226 g/mol. The first-order valence-electron chi connectivity index (χ1n) is 5.56. The Morgan fingerprint density at radius 1 is 1.60 bits per heavy atom. The number of hydrogen-bond donors (Lipinski definition) is 2. The van der Waals surface area contributed by atoms with Gasteiger partial charge in [0.25, 0.3) is 0 Å². The van der Waals surface area contributed by atoms with E-state index < -0.39 is 0 Å². The molecule has 0 spiro atoms. The molecule has 0 amide bonds. The summed E-state index contributed by atoms with van der Waals surface area (Å²) >= 11 is 1.83. The van der Waals surface area contributed by atoms with Gasteiger partial charge in [-0.05, 0) is 25.3 Å². The number of hydrogen-bond acceptors (Lipinski definition) is 4. The molecule has 0 aliphatic heterocycles. The molecular formula is C10H18N4S. The van der Waals surface area contributed by atoms with Crippen molar-refractivity contribution < 1.29 is 0 Å². The van der Waals surface area contributed by atoms with Crippen molar-refractivity contribution in [3.05, 3.63) is 6.33 Å². The molecule has 2 rings (SSSR count). The average Bonchev–Trinajstić information content (AvgIpc) is 2.83. The van der Waals surface area contributed by atoms with E-state index in [1.54, 1.807) is 6.33 Å². The molecule has 0 bridgehead atoms. The molecule has 84 valence electrons. The lowest BCUT2D eigenvalue weighted by Gasteiger charge is -2.19. The van der Waals surface area contributed by atoms with Crippen LogP contribution in [0.2, 0.25) is 0 Å². The van der Waals surface area contributed by atoms with Crippen molar-refractivity contribution in [1.82, 2.24) is 20.5 Å². The molecule has 1 saturated carbocycles. The summed E-state index contributed by atoms with van der Waals surface area (Å²) in [5.41, 5.74) is 0. The molecule has 0 radical (unpaired) electrons. The molecule has 0 aromatic carbocycles. The molecule has 0 saturated heterocycles. The van der Waals surface area contributed by atoms with Crippen molar-refractivity contribution in [3.63, 3.8) is 0 Å². The zero-order valence-corrected chi connectivity index (χ0v) is 10.0. The molecule has 4 nitrogen and oxygen atoms in total. The highest BCUT2D eigenvalue weighted by Gasteiger charge is 2.33. The van der Waals surface area contributed by atoms with E-state index in [0.717, 1.165) is 11.7 Å². The summed E-state index contributed by atoms with van der Waals surface area (Å²) in [6, 6.07) is 0.676. The Kier molecular flexibility index (Phi) is 3.64. The molecule has 3 atom stereocenters. The molecule has 5 heteroatoms. The van der Waals surface area contributed by atoms with Gasteiger partial charge in [0.05, 0.1) is 0 Å². The molecule has 15 heavy (non-hydrogen) atoms. The standard InChI is InChI=1S/C10H18N4S/c1-3-11-8-4-5-9(7(8)2)15-10-12-6-13-14-10/h6-9,11H,3-5H2,1-2H3,(H,12,13,14). The second-order valence-corrected chi connectivity index (χ2v) is 5.28. The van der Waals surface area contributed by atoms with Crippen molar-refractivity contribution in [2.75, 3.05) is 6.54 Å². The van der Waals surface area contributed by atoms with Crippen LogP contribution in [0.4, 0.5) is 0 Å². The van der Waals surface area contributed by atoms with E-state index in [9.17, 15) is 0 Å². The zero-order chi connectivity index (χ0) is 10.7. The van der Waals surface area contributed by atoms with Crippen LogP contribution in [0, 0.1) is 5.92 Å². The topological polar surface area (TPSA) is 53.6 Å². The van der Waals surface area contributed by atoms with Crippen LogP contribution in [0.25, 0.3) is 0 Å². The van der Waals surface area contributed by atoms with Gasteiger partial charge in [-0.2, -0.15) is 5.10 Å². The molecule has 1 aromatic heterocycles. The monoisotopic (exact) mass is 226 g/mol. The van der Waals surface area contributed by atoms with Crippen molar-refractivity contribution >= 4 is 11.8 Å². The van der Waals surface area contributed by atoms with Gasteiger partial charge in [0.1, 0.15) is 6.33 Å². The van der Waals surface area contributed by atoms with E-state index in [1.165, 1.54) is 12.8 Å². The molecule has 1 heterocycles. The SMILES string of the molecule is CCNC1CCC(Sc2ncn[nH]2)C1C. The van der Waals surface area contributed by atoms with Gasteiger partial charge >= 0.3 is 0 Å². The third-order valence-electron chi connectivity index (χ3n) is 3.11. The van der Waals surface area contributed by atoms with E-state index in [1.807, 2.05) is 11.8 Å². The molecule has 1 fully saturated rings. The van der Waals surface area contributed by atoms with Crippen LogP contribution >= 0.6 is 11.8 Å². The van der Waals surface area contributed by atoms with Crippen LogP contribution in [0.15, 0.2) is 11.5 Å². The van der Waals surface area contributed by atoms with Crippen LogP contribution < -0.4 is 5.32 Å². The fourth-order valence-electron chi connectivity index (χ4n) is 2.24. The van der Waals surface area contributed by atoms with Gasteiger partial charge in [-0.3, -0.25) is 5.10 Å². The van der Waals surface area contributed by atoms with Gasteiger partial charge in [-0.1, -0.05) is 25.6 Å². The molecule has 1 aromatic rings. The minimum atomic E-state index is 0.669. The Labute approximate surface area is 94.6 Å². The van der Waals surface area contributed by atoms with E-state index in [2.05, 4.69) is 34.3 Å². The van der Waals surface area contributed by atoms with Crippen molar-refractivity contribution in [2.45, 2.75) is 43.1 Å². The molecule has 1 aliphatic rings. The Balaban J connectivity index is 1.89. The summed E-state index contributed by atoms with van der Waals surface area (Å²) in [5, 5.41) is 11.9. The lowest BCUT2D eigenvalue weighted by Crippen LogP contribution is -2.33. The van der Waals surface area contributed by atoms with Crippen molar-refractivity contribution in [3.8, 4) is 0 Å². The first kappa shape index (κ1) is 11.0. The van der Waals surface area contributed by atoms with Gasteiger partial charge < -0.3 is 5.32 Å². The van der Waals surface area contributed by atoms with Crippen molar-refractivity contribution in [1.29, 1.82) is 0 Å². The van der Waals surface area contributed by atoms with Gasteiger partial charge in [0, 0.05) is 11.3 Å². The molecule has 2 N–H and O–H groups in total. The van der Waals surface area contributed by atoms with Gasteiger partial charge in [0.2, 0.25) is 0 Å². The number of nitrogens with one attached hydrogen (secondary N) is 2. The van der Waals surface area contributed by atoms with Gasteiger partial charge in [0.15, 0.2) is 5.16 Å². The predicted molar refractivity (Wildman–Crippen MR) is 61.9 cm³/mol. The van der Waals surface area contributed by atoms with E-state index in [-0.39, 0.29) is 0 Å². The first-order valence-corrected chi connectivity index (χ1v) is 6.44. The van der Waals surface area contributed by atoms with E-state index >= 15 is 0 Å². The number of rotatable bonds is 4. The Bertz CT molecular complexity index is 288. The van der Waals surface area contributed by atoms with Crippen molar-refractivity contribution in [2.24, 2.45) is 5.92 Å². The smallest absolute Gasteiger partial charge is 0.183 e. The van der Waals surface area contributed by atoms with Gasteiger partial charge in [-0.15, -0.1) is 0 Å². The minimum absolute atomic E-state index is 0.669. The fraction of sp³-hybridized carbons (Fsp3) is 0.800. The molecular weight excluding hydrogens is 208 g/mol. The summed E-state index contributed by atoms with van der Waals surface area (Å²) in [6.07, 6.45) is 4.12.